The van der Waals surface area contributed by atoms with Crippen molar-refractivity contribution in [2.45, 2.75) is 20.3 Å². The molecule has 1 aromatic heterocycles. The molecule has 0 saturated heterocycles. The summed E-state index contributed by atoms with van der Waals surface area (Å²) < 4.78 is 0.482. The van der Waals surface area contributed by atoms with Crippen molar-refractivity contribution in [3.8, 4) is 0 Å². The Hall–Kier alpha value is -0.840. The molecule has 0 aliphatic carbocycles. The lowest BCUT2D eigenvalue weighted by molar-refractivity contribution is 0.631. The monoisotopic (exact) mass is 245 g/mol. The molecule has 0 aliphatic heterocycles. The number of hydrogen-bond donors (Lipinski definition) is 2. The van der Waals surface area contributed by atoms with E-state index in [9.17, 15) is 4.79 Å². The third-order valence-corrected chi connectivity index (χ3v) is 2.37. The summed E-state index contributed by atoms with van der Waals surface area (Å²) in [5.74, 6) is 0.619. The molecule has 13 heavy (non-hydrogen) atoms. The van der Waals surface area contributed by atoms with Gasteiger partial charge in [0.15, 0.2) is 0 Å². The number of nitrogens with zero attached hydrogens (tertiary/aromatic N) is 1. The molecule has 5 heteroatoms. The van der Waals surface area contributed by atoms with Crippen molar-refractivity contribution >= 4 is 21.9 Å². The largest absolute Gasteiger partial charge is 0.369 e. The molecule has 0 bridgehead atoms. The van der Waals surface area contributed by atoms with Crippen molar-refractivity contribution in [3.63, 3.8) is 0 Å². The molecule has 0 fully saturated rings. The summed E-state index contributed by atoms with van der Waals surface area (Å²) in [7, 11) is 0. The molecule has 1 rings (SSSR count). The van der Waals surface area contributed by atoms with E-state index >= 15 is 0 Å². The molecule has 1 heterocycles. The van der Waals surface area contributed by atoms with Crippen molar-refractivity contribution in [1.29, 1.82) is 0 Å². The van der Waals surface area contributed by atoms with Crippen LogP contribution in [0.15, 0.2) is 9.27 Å². The fraction of sp³-hybridized carbons (Fsp3) is 0.500. The second kappa shape index (κ2) is 3.91. The van der Waals surface area contributed by atoms with Crippen molar-refractivity contribution in [2.24, 2.45) is 5.92 Å². The standard InChI is InChI=1S/C8H12BrN3O/c1-4(2)3-5-6(9)7(13)12-8(10)11-5/h4H,3H2,1-2H3,(H3,10,11,12,13). The average molecular weight is 246 g/mol. The second-order valence-electron chi connectivity index (χ2n) is 3.31. The molecule has 0 amide bonds. The van der Waals surface area contributed by atoms with Crippen LogP contribution in [0.4, 0.5) is 5.95 Å². The van der Waals surface area contributed by atoms with E-state index in [0.717, 1.165) is 12.1 Å². The fourth-order valence-electron chi connectivity index (χ4n) is 1.05. The zero-order valence-corrected chi connectivity index (χ0v) is 9.18. The maximum Gasteiger partial charge on any atom is 0.266 e. The van der Waals surface area contributed by atoms with E-state index in [-0.39, 0.29) is 11.5 Å². The van der Waals surface area contributed by atoms with Crippen LogP contribution < -0.4 is 11.3 Å². The topological polar surface area (TPSA) is 71.8 Å². The maximum atomic E-state index is 11.2. The number of aromatic amines is 1. The summed E-state index contributed by atoms with van der Waals surface area (Å²) in [6.07, 6.45) is 0.745. The lowest BCUT2D eigenvalue weighted by Gasteiger charge is -2.05. The zero-order chi connectivity index (χ0) is 10.0. The van der Waals surface area contributed by atoms with Crippen LogP contribution in [0.1, 0.15) is 19.5 Å². The first-order chi connectivity index (χ1) is 6.00. The summed E-state index contributed by atoms with van der Waals surface area (Å²) in [4.78, 5) is 17.7. The highest BCUT2D eigenvalue weighted by Gasteiger charge is 2.08. The van der Waals surface area contributed by atoms with Crippen molar-refractivity contribution < 1.29 is 0 Å². The van der Waals surface area contributed by atoms with Gasteiger partial charge >= 0.3 is 0 Å². The molecular formula is C8H12BrN3O. The minimum atomic E-state index is -0.219. The van der Waals surface area contributed by atoms with E-state index in [2.05, 4.69) is 39.7 Å². The highest BCUT2D eigenvalue weighted by atomic mass is 79.9. The van der Waals surface area contributed by atoms with Gasteiger partial charge in [-0.15, -0.1) is 0 Å². The van der Waals surface area contributed by atoms with E-state index in [1.165, 1.54) is 0 Å². The molecule has 0 aromatic carbocycles. The summed E-state index contributed by atoms with van der Waals surface area (Å²) >= 11 is 3.18. The van der Waals surface area contributed by atoms with Crippen LogP contribution >= 0.6 is 15.9 Å². The van der Waals surface area contributed by atoms with Gasteiger partial charge in [-0.05, 0) is 28.3 Å². The molecule has 0 unspecified atom stereocenters. The SMILES string of the molecule is CC(C)Cc1nc(N)[nH]c(=O)c1Br. The first-order valence-corrected chi connectivity index (χ1v) is 4.84. The summed E-state index contributed by atoms with van der Waals surface area (Å²) in [6.45, 7) is 4.12. The first-order valence-electron chi connectivity index (χ1n) is 4.05. The van der Waals surface area contributed by atoms with Crippen LogP contribution in [0.3, 0.4) is 0 Å². The third-order valence-electron chi connectivity index (χ3n) is 1.55. The molecule has 3 N–H and O–H groups in total. The van der Waals surface area contributed by atoms with Gasteiger partial charge in [0.1, 0.15) is 4.47 Å². The predicted octanol–water partition coefficient (Wildman–Crippen LogP) is 1.31. The molecule has 72 valence electrons. The number of nitrogen functional groups attached to an aromatic ring is 1. The van der Waals surface area contributed by atoms with Crippen LogP contribution in [0.5, 0.6) is 0 Å². The molecular weight excluding hydrogens is 234 g/mol. The van der Waals surface area contributed by atoms with E-state index in [0.29, 0.717) is 10.4 Å². The lowest BCUT2D eigenvalue weighted by Crippen LogP contribution is -2.16. The van der Waals surface area contributed by atoms with E-state index in [1.807, 2.05) is 0 Å². The molecule has 0 atom stereocenters. The second-order valence-corrected chi connectivity index (χ2v) is 4.10. The quantitative estimate of drug-likeness (QED) is 0.826. The molecule has 1 aromatic rings. The van der Waals surface area contributed by atoms with Crippen molar-refractivity contribution in [3.05, 3.63) is 20.5 Å². The molecule has 0 saturated carbocycles. The molecule has 4 nitrogen and oxygen atoms in total. The number of aromatic nitrogens is 2. The van der Waals surface area contributed by atoms with Gasteiger partial charge in [0.05, 0.1) is 5.69 Å². The van der Waals surface area contributed by atoms with Gasteiger partial charge in [-0.2, -0.15) is 0 Å². The summed E-state index contributed by atoms with van der Waals surface area (Å²) in [6, 6.07) is 0. The number of halogens is 1. The van der Waals surface area contributed by atoms with Crippen molar-refractivity contribution in [2.75, 3.05) is 5.73 Å². The number of H-pyrrole nitrogens is 1. The van der Waals surface area contributed by atoms with Gasteiger partial charge in [0.25, 0.3) is 5.56 Å². The zero-order valence-electron chi connectivity index (χ0n) is 7.60. The molecule has 0 radical (unpaired) electrons. The van der Waals surface area contributed by atoms with Crippen LogP contribution in [-0.4, -0.2) is 9.97 Å². The van der Waals surface area contributed by atoms with Gasteiger partial charge < -0.3 is 5.73 Å². The van der Waals surface area contributed by atoms with Crippen LogP contribution in [-0.2, 0) is 6.42 Å². The van der Waals surface area contributed by atoms with Crippen LogP contribution in [0.25, 0.3) is 0 Å². The third kappa shape index (κ3) is 2.55. The minimum Gasteiger partial charge on any atom is -0.369 e. The number of hydrogen-bond acceptors (Lipinski definition) is 3. The average Bonchev–Trinajstić information content (AvgIpc) is 1.98. The Labute approximate surface area is 84.7 Å². The normalized spacial score (nSPS) is 10.8. The highest BCUT2D eigenvalue weighted by molar-refractivity contribution is 9.10. The Morgan fingerprint density at radius 1 is 1.62 bits per heavy atom. The predicted molar refractivity (Wildman–Crippen MR) is 55.5 cm³/mol. The molecule has 0 aliphatic rings. The van der Waals surface area contributed by atoms with E-state index in [1.54, 1.807) is 0 Å². The highest BCUT2D eigenvalue weighted by Crippen LogP contribution is 2.13. The van der Waals surface area contributed by atoms with Crippen molar-refractivity contribution in [1.82, 2.24) is 9.97 Å². The van der Waals surface area contributed by atoms with Gasteiger partial charge in [-0.3, -0.25) is 9.78 Å². The number of nitrogens with two attached hydrogens (primary N) is 1. The number of anilines is 1. The Morgan fingerprint density at radius 2 is 2.23 bits per heavy atom. The summed E-state index contributed by atoms with van der Waals surface area (Å²) in [5, 5.41) is 0. The maximum absolute atomic E-state index is 11.2. The number of rotatable bonds is 2. The van der Waals surface area contributed by atoms with E-state index in [4.69, 9.17) is 5.73 Å². The van der Waals surface area contributed by atoms with Gasteiger partial charge in [0.2, 0.25) is 5.95 Å². The van der Waals surface area contributed by atoms with E-state index < -0.39 is 0 Å². The minimum absolute atomic E-state index is 0.170. The Morgan fingerprint density at radius 3 is 2.77 bits per heavy atom. The Balaban J connectivity index is 3.13. The number of nitrogens with one attached hydrogen (secondary N) is 1. The smallest absolute Gasteiger partial charge is 0.266 e. The van der Waals surface area contributed by atoms with Crippen LogP contribution in [0, 0.1) is 5.92 Å². The first kappa shape index (κ1) is 10.2. The Kier molecular flexibility index (Phi) is 3.08. The van der Waals surface area contributed by atoms with Gasteiger partial charge in [-0.25, -0.2) is 4.98 Å². The van der Waals surface area contributed by atoms with Gasteiger partial charge in [0, 0.05) is 0 Å². The van der Waals surface area contributed by atoms with Gasteiger partial charge in [-0.1, -0.05) is 13.8 Å². The Bertz CT molecular complexity index is 359. The summed E-state index contributed by atoms with van der Waals surface area (Å²) in [5.41, 5.74) is 5.92. The van der Waals surface area contributed by atoms with Crippen LogP contribution in [0.2, 0.25) is 0 Å². The fourth-order valence-corrected chi connectivity index (χ4v) is 1.40. The lowest BCUT2D eigenvalue weighted by atomic mass is 10.1. The molecule has 0 spiro atoms.